The van der Waals surface area contributed by atoms with Gasteiger partial charge in [0.25, 0.3) is 0 Å². The average molecular weight is 158 g/mol. The van der Waals surface area contributed by atoms with E-state index in [1.807, 2.05) is 0 Å². The molecule has 0 saturated carbocycles. The monoisotopic (exact) mass is 158 g/mol. The lowest BCUT2D eigenvalue weighted by atomic mass is 9.89. The highest BCUT2D eigenvalue weighted by Gasteiger charge is 2.24. The molecule has 2 N–H and O–H groups in total. The quantitative estimate of drug-likeness (QED) is 0.601. The van der Waals surface area contributed by atoms with Gasteiger partial charge in [-0.3, -0.25) is 4.79 Å². The maximum absolute atomic E-state index is 10.5. The molecule has 0 aromatic carbocycles. The van der Waals surface area contributed by atoms with Crippen molar-refractivity contribution in [2.45, 2.75) is 20.3 Å². The minimum atomic E-state index is -0.819. The summed E-state index contributed by atoms with van der Waals surface area (Å²) < 4.78 is 0. The number of carbonyl (C=O) groups is 1. The second kappa shape index (κ2) is 4.13. The Hall–Kier alpha value is -0.830. The third kappa shape index (κ3) is 3.78. The maximum atomic E-state index is 10.5. The molecule has 11 heavy (non-hydrogen) atoms. The number of hydrogen-bond donors (Lipinski definition) is 2. The van der Waals surface area contributed by atoms with Gasteiger partial charge < -0.3 is 10.2 Å². The van der Waals surface area contributed by atoms with Gasteiger partial charge in [0.1, 0.15) is 0 Å². The summed E-state index contributed by atoms with van der Waals surface area (Å²) in [5.74, 6) is -0.819. The molecule has 0 rings (SSSR count). The van der Waals surface area contributed by atoms with Crippen molar-refractivity contribution in [1.29, 1.82) is 0 Å². The molecule has 0 aromatic heterocycles. The van der Waals surface area contributed by atoms with Gasteiger partial charge >= 0.3 is 5.97 Å². The normalized spacial score (nSPS) is 12.3. The van der Waals surface area contributed by atoms with Crippen LogP contribution in [0.25, 0.3) is 0 Å². The smallest absolute Gasteiger partial charge is 0.309 e. The van der Waals surface area contributed by atoms with E-state index in [2.05, 4.69) is 0 Å². The summed E-state index contributed by atoms with van der Waals surface area (Å²) in [5.41, 5.74) is -0.730. The van der Waals surface area contributed by atoms with E-state index in [0.717, 1.165) is 0 Å². The molecule has 0 saturated heterocycles. The Morgan fingerprint density at radius 2 is 2.00 bits per heavy atom. The molecule has 0 heterocycles. The maximum Gasteiger partial charge on any atom is 0.309 e. The van der Waals surface area contributed by atoms with Gasteiger partial charge in [0.05, 0.1) is 12.0 Å². The zero-order valence-corrected chi connectivity index (χ0v) is 6.87. The Kier molecular flexibility index (Phi) is 3.82. The Bertz CT molecular complexity index is 159. The minimum Gasteiger partial charge on any atom is -0.481 e. The van der Waals surface area contributed by atoms with E-state index < -0.39 is 11.4 Å². The molecule has 0 aliphatic carbocycles. The summed E-state index contributed by atoms with van der Waals surface area (Å²) in [6.07, 6.45) is 3.67. The van der Waals surface area contributed by atoms with Crippen LogP contribution in [0.4, 0.5) is 0 Å². The first-order valence-electron chi connectivity index (χ1n) is 3.50. The fourth-order valence-electron chi connectivity index (χ4n) is 0.540. The van der Waals surface area contributed by atoms with Crippen LogP contribution in [0.15, 0.2) is 12.2 Å². The molecule has 0 aromatic rings. The molecule has 0 bridgehead atoms. The highest BCUT2D eigenvalue weighted by molar-refractivity contribution is 5.73. The molecular formula is C8H14O3. The van der Waals surface area contributed by atoms with Crippen LogP contribution in [0.1, 0.15) is 20.3 Å². The predicted molar refractivity (Wildman–Crippen MR) is 42.3 cm³/mol. The summed E-state index contributed by atoms with van der Waals surface area (Å²) >= 11 is 0. The first-order chi connectivity index (χ1) is 5.00. The van der Waals surface area contributed by atoms with Crippen molar-refractivity contribution >= 4 is 5.97 Å². The van der Waals surface area contributed by atoms with Crippen molar-refractivity contribution in [3.05, 3.63) is 12.2 Å². The molecule has 0 amide bonds. The SMILES string of the molecule is CC(C)(CC=CCO)C(=O)O. The van der Waals surface area contributed by atoms with E-state index in [1.165, 1.54) is 0 Å². The molecule has 3 nitrogen and oxygen atoms in total. The third-order valence-electron chi connectivity index (χ3n) is 1.48. The molecule has 0 aliphatic heterocycles. The topological polar surface area (TPSA) is 57.5 Å². The predicted octanol–water partition coefficient (Wildman–Crippen LogP) is 1.04. The standard InChI is InChI=1S/C8H14O3/c1-8(2,7(10)11)5-3-4-6-9/h3-4,9H,5-6H2,1-2H3,(H,10,11). The number of hydrogen-bond acceptors (Lipinski definition) is 2. The molecule has 0 atom stereocenters. The van der Waals surface area contributed by atoms with Gasteiger partial charge in [0.15, 0.2) is 0 Å². The third-order valence-corrected chi connectivity index (χ3v) is 1.48. The fraction of sp³-hybridized carbons (Fsp3) is 0.625. The van der Waals surface area contributed by atoms with Crippen molar-refractivity contribution in [2.24, 2.45) is 5.41 Å². The van der Waals surface area contributed by atoms with E-state index in [4.69, 9.17) is 10.2 Å². The summed E-state index contributed by atoms with van der Waals surface area (Å²) in [6, 6.07) is 0. The fourth-order valence-corrected chi connectivity index (χ4v) is 0.540. The Morgan fingerprint density at radius 1 is 1.45 bits per heavy atom. The number of carboxylic acid groups (broad SMARTS) is 1. The van der Waals surface area contributed by atoms with Gasteiger partial charge in [-0.25, -0.2) is 0 Å². The largest absolute Gasteiger partial charge is 0.481 e. The van der Waals surface area contributed by atoms with Gasteiger partial charge in [-0.15, -0.1) is 0 Å². The van der Waals surface area contributed by atoms with Crippen molar-refractivity contribution in [1.82, 2.24) is 0 Å². The average Bonchev–Trinajstić information content (AvgIpc) is 1.88. The highest BCUT2D eigenvalue weighted by Crippen LogP contribution is 2.20. The highest BCUT2D eigenvalue weighted by atomic mass is 16.4. The molecule has 0 aliphatic rings. The van der Waals surface area contributed by atoms with E-state index in [-0.39, 0.29) is 6.61 Å². The van der Waals surface area contributed by atoms with Crippen LogP contribution in [-0.2, 0) is 4.79 Å². The van der Waals surface area contributed by atoms with Crippen LogP contribution < -0.4 is 0 Å². The lowest BCUT2D eigenvalue weighted by Crippen LogP contribution is -2.22. The zero-order chi connectivity index (χ0) is 8.91. The van der Waals surface area contributed by atoms with E-state index in [1.54, 1.807) is 26.0 Å². The van der Waals surface area contributed by atoms with Crippen LogP contribution in [0.5, 0.6) is 0 Å². The summed E-state index contributed by atoms with van der Waals surface area (Å²) in [4.78, 5) is 10.5. The van der Waals surface area contributed by atoms with Crippen LogP contribution in [0.3, 0.4) is 0 Å². The van der Waals surface area contributed by atoms with Crippen LogP contribution in [0, 0.1) is 5.41 Å². The van der Waals surface area contributed by atoms with Gasteiger partial charge in [-0.1, -0.05) is 12.2 Å². The number of carboxylic acids is 1. The lowest BCUT2D eigenvalue weighted by molar-refractivity contribution is -0.146. The van der Waals surface area contributed by atoms with Gasteiger partial charge in [-0.05, 0) is 20.3 Å². The molecule has 0 fully saturated rings. The van der Waals surface area contributed by atoms with Crippen molar-refractivity contribution in [3.63, 3.8) is 0 Å². The second-order valence-electron chi connectivity index (χ2n) is 3.05. The number of aliphatic hydroxyl groups excluding tert-OH is 1. The summed E-state index contributed by atoms with van der Waals surface area (Å²) in [6.45, 7) is 3.27. The number of aliphatic hydroxyl groups is 1. The summed E-state index contributed by atoms with van der Waals surface area (Å²) in [5, 5.41) is 17.0. The second-order valence-corrected chi connectivity index (χ2v) is 3.05. The van der Waals surface area contributed by atoms with Crippen LogP contribution in [-0.4, -0.2) is 22.8 Å². The Labute approximate surface area is 66.4 Å². The molecular weight excluding hydrogens is 144 g/mol. The number of allylic oxidation sites excluding steroid dienone is 1. The molecule has 0 unspecified atom stereocenters. The Morgan fingerprint density at radius 3 is 2.36 bits per heavy atom. The summed E-state index contributed by atoms with van der Waals surface area (Å²) in [7, 11) is 0. The van der Waals surface area contributed by atoms with E-state index in [0.29, 0.717) is 6.42 Å². The van der Waals surface area contributed by atoms with Gasteiger partial charge in [0, 0.05) is 0 Å². The zero-order valence-electron chi connectivity index (χ0n) is 6.87. The van der Waals surface area contributed by atoms with Crippen molar-refractivity contribution in [2.75, 3.05) is 6.61 Å². The van der Waals surface area contributed by atoms with Crippen molar-refractivity contribution in [3.8, 4) is 0 Å². The number of aliphatic carboxylic acids is 1. The number of rotatable bonds is 4. The minimum absolute atomic E-state index is 0.0320. The van der Waals surface area contributed by atoms with E-state index in [9.17, 15) is 4.79 Å². The van der Waals surface area contributed by atoms with Gasteiger partial charge in [-0.2, -0.15) is 0 Å². The Balaban J connectivity index is 3.92. The molecule has 0 radical (unpaired) electrons. The molecule has 3 heteroatoms. The van der Waals surface area contributed by atoms with Crippen molar-refractivity contribution < 1.29 is 15.0 Å². The molecule has 64 valence electrons. The first-order valence-corrected chi connectivity index (χ1v) is 3.50. The van der Waals surface area contributed by atoms with Gasteiger partial charge in [0.2, 0.25) is 0 Å². The first kappa shape index (κ1) is 10.2. The van der Waals surface area contributed by atoms with Crippen LogP contribution >= 0.6 is 0 Å². The van der Waals surface area contributed by atoms with Crippen LogP contribution in [0.2, 0.25) is 0 Å². The lowest BCUT2D eigenvalue weighted by Gasteiger charge is -2.15. The van der Waals surface area contributed by atoms with E-state index >= 15 is 0 Å². The molecule has 0 spiro atoms.